The van der Waals surface area contributed by atoms with Crippen LogP contribution in [0, 0.1) is 11.0 Å². The average Bonchev–Trinajstić information content (AvgIpc) is 2.75. The molecule has 0 unspecified atom stereocenters. The van der Waals surface area contributed by atoms with Gasteiger partial charge in [-0.25, -0.2) is 9.97 Å². The van der Waals surface area contributed by atoms with E-state index in [9.17, 15) is 22.8 Å². The molecule has 9 heteroatoms. The predicted octanol–water partition coefficient (Wildman–Crippen LogP) is 2.43. The van der Waals surface area contributed by atoms with E-state index in [1.807, 2.05) is 0 Å². The summed E-state index contributed by atoms with van der Waals surface area (Å²) in [6.45, 7) is 0. The normalized spacial score (nSPS) is 12.0. The molecule has 0 saturated carbocycles. The number of rotatable bonds is 1. The first-order valence-corrected chi connectivity index (χ1v) is 6.06. The van der Waals surface area contributed by atoms with Crippen LogP contribution in [0.4, 0.5) is 17.6 Å². The Hall–Kier alpha value is -2.71. The van der Waals surface area contributed by atoms with Gasteiger partial charge in [-0.2, -0.15) is 22.3 Å². The number of fused-ring (bicyclic) bond motifs is 1. The van der Waals surface area contributed by atoms with Crippen molar-refractivity contribution in [3.63, 3.8) is 0 Å². The lowest BCUT2D eigenvalue weighted by molar-refractivity contribution is -0.607. The van der Waals surface area contributed by atoms with Gasteiger partial charge in [0.25, 0.3) is 0 Å². The van der Waals surface area contributed by atoms with Crippen LogP contribution in [0.3, 0.4) is 0 Å². The van der Waals surface area contributed by atoms with Gasteiger partial charge in [-0.3, -0.25) is 0 Å². The van der Waals surface area contributed by atoms with Crippen LogP contribution in [-0.2, 0) is 13.2 Å². The van der Waals surface area contributed by atoms with Crippen LogP contribution < -0.4 is 4.73 Å². The zero-order valence-corrected chi connectivity index (χ0v) is 11.1. The van der Waals surface area contributed by atoms with Crippen LogP contribution in [-0.4, -0.2) is 14.5 Å². The lowest BCUT2D eigenvalue weighted by Gasteiger charge is -2.05. The minimum absolute atomic E-state index is 0.00107. The van der Waals surface area contributed by atoms with Gasteiger partial charge in [0.15, 0.2) is 17.7 Å². The van der Waals surface area contributed by atoms with E-state index in [1.54, 1.807) is 0 Å². The fourth-order valence-corrected chi connectivity index (χ4v) is 2.11. The van der Waals surface area contributed by atoms with Gasteiger partial charge in [-0.1, -0.05) is 0 Å². The highest BCUT2D eigenvalue weighted by Gasteiger charge is 2.31. The second-order valence-electron chi connectivity index (χ2n) is 4.63. The van der Waals surface area contributed by atoms with Crippen molar-refractivity contribution in [3.8, 4) is 11.4 Å². The maximum Gasteiger partial charge on any atom is 0.417 e. The molecule has 3 aromatic heterocycles. The van der Waals surface area contributed by atoms with E-state index in [0.29, 0.717) is 12.4 Å². The lowest BCUT2D eigenvalue weighted by atomic mass is 10.2. The van der Waals surface area contributed by atoms with Crippen molar-refractivity contribution in [2.75, 3.05) is 0 Å². The van der Waals surface area contributed by atoms with E-state index in [0.717, 1.165) is 12.3 Å². The first-order valence-electron chi connectivity index (χ1n) is 6.06. The van der Waals surface area contributed by atoms with Crippen molar-refractivity contribution < 1.29 is 22.3 Å². The molecule has 3 rings (SSSR count). The first-order chi connectivity index (χ1) is 10.3. The van der Waals surface area contributed by atoms with Crippen LogP contribution in [0.2, 0.25) is 0 Å². The Morgan fingerprint density at radius 3 is 2.68 bits per heavy atom. The number of nitrogens with zero attached hydrogens (tertiary/aromatic N) is 4. The second-order valence-corrected chi connectivity index (χ2v) is 4.63. The number of hydrogen-bond donors (Lipinski definition) is 0. The third-order valence-corrected chi connectivity index (χ3v) is 3.16. The van der Waals surface area contributed by atoms with Gasteiger partial charge in [0, 0.05) is 19.3 Å². The molecule has 0 radical (unpaired) electrons. The van der Waals surface area contributed by atoms with Crippen molar-refractivity contribution in [2.45, 2.75) is 6.18 Å². The fraction of sp³-hybridized carbons (Fsp3) is 0.154. The lowest BCUT2D eigenvalue weighted by Crippen LogP contribution is -2.25. The highest BCUT2D eigenvalue weighted by atomic mass is 19.4. The molecule has 114 valence electrons. The van der Waals surface area contributed by atoms with Gasteiger partial charge >= 0.3 is 6.18 Å². The van der Waals surface area contributed by atoms with E-state index in [4.69, 9.17) is 0 Å². The van der Waals surface area contributed by atoms with E-state index in [1.165, 1.54) is 17.7 Å². The minimum Gasteiger partial charge on any atom is -0.619 e. The van der Waals surface area contributed by atoms with E-state index in [-0.39, 0.29) is 27.3 Å². The Morgan fingerprint density at radius 2 is 2.05 bits per heavy atom. The molecular weight excluding hydrogens is 304 g/mol. The van der Waals surface area contributed by atoms with E-state index >= 15 is 0 Å². The van der Waals surface area contributed by atoms with Gasteiger partial charge in [0.2, 0.25) is 6.20 Å². The zero-order valence-electron chi connectivity index (χ0n) is 11.1. The monoisotopic (exact) mass is 312 g/mol. The summed E-state index contributed by atoms with van der Waals surface area (Å²) >= 11 is 0. The van der Waals surface area contributed by atoms with Crippen LogP contribution >= 0.6 is 0 Å². The number of aromatic nitrogens is 4. The molecule has 5 nitrogen and oxygen atoms in total. The predicted molar refractivity (Wildman–Crippen MR) is 67.9 cm³/mol. The highest BCUT2D eigenvalue weighted by Crippen LogP contribution is 2.31. The van der Waals surface area contributed by atoms with Crippen LogP contribution in [0.15, 0.2) is 30.7 Å². The largest absolute Gasteiger partial charge is 0.619 e. The summed E-state index contributed by atoms with van der Waals surface area (Å²) in [4.78, 5) is 7.73. The Labute approximate surface area is 121 Å². The molecule has 0 saturated heterocycles. The molecular formula is C13H8F4N4O. The molecule has 0 aromatic carbocycles. The highest BCUT2D eigenvalue weighted by molar-refractivity contribution is 5.77. The van der Waals surface area contributed by atoms with Gasteiger partial charge in [-0.15, -0.1) is 0 Å². The van der Waals surface area contributed by atoms with Gasteiger partial charge in [0.05, 0.1) is 11.1 Å². The minimum atomic E-state index is -4.54. The summed E-state index contributed by atoms with van der Waals surface area (Å²) in [5.41, 5.74) is -0.761. The summed E-state index contributed by atoms with van der Waals surface area (Å²) in [5, 5.41) is 11.0. The number of halogens is 4. The molecule has 0 fully saturated rings. The summed E-state index contributed by atoms with van der Waals surface area (Å²) in [5.74, 6) is -0.744. The molecule has 0 N–H and O–H groups in total. The molecule has 0 aliphatic rings. The fourth-order valence-electron chi connectivity index (χ4n) is 2.11. The van der Waals surface area contributed by atoms with E-state index < -0.39 is 17.6 Å². The molecule has 0 aliphatic carbocycles. The summed E-state index contributed by atoms with van der Waals surface area (Å²) in [7, 11) is 1.50. The standard InChI is InChI=1S/C13H8F4N4O/c1-20-11(8-2-3-21(22)6-9(8)14)19-10-4-7(13(15,16)17)5-18-12(10)20/h2-6H,1H3. The average molecular weight is 312 g/mol. The second kappa shape index (κ2) is 4.65. The maximum atomic E-state index is 13.8. The Bertz CT molecular complexity index is 872. The van der Waals surface area contributed by atoms with Crippen molar-refractivity contribution in [3.05, 3.63) is 47.3 Å². The Morgan fingerprint density at radius 1 is 1.32 bits per heavy atom. The van der Waals surface area contributed by atoms with Gasteiger partial charge < -0.3 is 9.77 Å². The number of pyridine rings is 2. The molecule has 22 heavy (non-hydrogen) atoms. The molecule has 0 atom stereocenters. The molecule has 3 heterocycles. The van der Waals surface area contributed by atoms with Crippen molar-refractivity contribution in [1.82, 2.24) is 14.5 Å². The summed E-state index contributed by atoms with van der Waals surface area (Å²) < 4.78 is 53.5. The van der Waals surface area contributed by atoms with Crippen LogP contribution in [0.5, 0.6) is 0 Å². The Balaban J connectivity index is 2.21. The van der Waals surface area contributed by atoms with E-state index in [2.05, 4.69) is 9.97 Å². The molecule has 0 amide bonds. The zero-order chi connectivity index (χ0) is 16.1. The van der Waals surface area contributed by atoms with Gasteiger partial charge in [-0.05, 0) is 6.07 Å². The number of aryl methyl sites for hydroxylation is 1. The molecule has 3 aromatic rings. The number of imidazole rings is 1. The van der Waals surface area contributed by atoms with Crippen LogP contribution in [0.25, 0.3) is 22.6 Å². The molecule has 0 aliphatic heterocycles. The number of alkyl halides is 3. The van der Waals surface area contributed by atoms with Crippen LogP contribution in [0.1, 0.15) is 5.56 Å². The molecule has 0 bridgehead atoms. The molecule has 0 spiro atoms. The third-order valence-electron chi connectivity index (χ3n) is 3.16. The smallest absolute Gasteiger partial charge is 0.417 e. The quantitative estimate of drug-likeness (QED) is 0.394. The summed E-state index contributed by atoms with van der Waals surface area (Å²) in [6.07, 6.45) is -2.05. The SMILES string of the molecule is Cn1c(-c2cc[n+]([O-])cc2F)nc2cc(C(F)(F)F)cnc21. The van der Waals surface area contributed by atoms with Gasteiger partial charge in [0.1, 0.15) is 11.3 Å². The van der Waals surface area contributed by atoms with Crippen molar-refractivity contribution in [1.29, 1.82) is 0 Å². The maximum absolute atomic E-state index is 13.8. The summed E-state index contributed by atoms with van der Waals surface area (Å²) in [6, 6.07) is 2.05. The van der Waals surface area contributed by atoms with Crippen molar-refractivity contribution in [2.24, 2.45) is 7.05 Å². The third kappa shape index (κ3) is 2.24. The topological polar surface area (TPSA) is 57.6 Å². The first kappa shape index (κ1) is 14.2. The number of hydrogen-bond acceptors (Lipinski definition) is 3. The van der Waals surface area contributed by atoms with Crippen molar-refractivity contribution >= 4 is 11.2 Å². The Kier molecular flexibility index (Phi) is 3.01.